The summed E-state index contributed by atoms with van der Waals surface area (Å²) in [5.74, 6) is -1.17. The Morgan fingerprint density at radius 2 is 2.00 bits per heavy atom. The third-order valence-electron chi connectivity index (χ3n) is 2.37. The van der Waals surface area contributed by atoms with Crippen LogP contribution in [-0.4, -0.2) is 18.9 Å². The lowest BCUT2D eigenvalue weighted by Crippen LogP contribution is -2.20. The van der Waals surface area contributed by atoms with Gasteiger partial charge in [-0.25, -0.2) is 0 Å². The van der Waals surface area contributed by atoms with Crippen molar-refractivity contribution in [2.24, 2.45) is 0 Å². The van der Waals surface area contributed by atoms with Crippen molar-refractivity contribution in [3.8, 4) is 11.8 Å². The number of carbonyl (C=O) groups is 1. The Bertz CT molecular complexity index is 567. The first-order chi connectivity index (χ1) is 9.80. The van der Waals surface area contributed by atoms with Crippen LogP contribution < -0.4 is 4.74 Å². The zero-order valence-corrected chi connectivity index (χ0v) is 12.5. The van der Waals surface area contributed by atoms with E-state index in [9.17, 15) is 18.0 Å². The molecule has 114 valence electrons. The fraction of sp³-hybridized carbons (Fsp3) is 0.385. The lowest BCUT2D eigenvalue weighted by Gasteiger charge is -2.16. The number of nitrogens with zero attached hydrogens (tertiary/aromatic N) is 1. The van der Waals surface area contributed by atoms with Crippen molar-refractivity contribution in [3.05, 3.63) is 28.8 Å². The molecule has 4 nitrogen and oxygen atoms in total. The summed E-state index contributed by atoms with van der Waals surface area (Å²) in [6.07, 6.45) is -5.30. The molecule has 1 aromatic carbocycles. The summed E-state index contributed by atoms with van der Waals surface area (Å²) in [6, 6.07) is 4.28. The van der Waals surface area contributed by atoms with E-state index in [-0.39, 0.29) is 28.6 Å². The van der Waals surface area contributed by atoms with Crippen LogP contribution in [0.4, 0.5) is 13.2 Å². The first-order valence-corrected chi connectivity index (χ1v) is 6.96. The van der Waals surface area contributed by atoms with E-state index in [2.05, 4.69) is 20.7 Å². The molecule has 0 heterocycles. The summed E-state index contributed by atoms with van der Waals surface area (Å²) in [5.41, 5.74) is 0.225. The van der Waals surface area contributed by atoms with Gasteiger partial charge in [0.1, 0.15) is 5.75 Å². The molecule has 0 atom stereocenters. The van der Waals surface area contributed by atoms with E-state index in [4.69, 9.17) is 10.00 Å². The van der Waals surface area contributed by atoms with Gasteiger partial charge in [-0.1, -0.05) is 15.9 Å². The molecule has 0 unspecified atom stereocenters. The third-order valence-corrected chi connectivity index (χ3v) is 2.98. The molecule has 0 N–H and O–H groups in total. The average Bonchev–Trinajstić information content (AvgIpc) is 2.39. The number of halogens is 4. The molecule has 0 bridgehead atoms. The van der Waals surface area contributed by atoms with Crippen LogP contribution >= 0.6 is 15.9 Å². The fourth-order valence-corrected chi connectivity index (χ4v) is 2.08. The molecule has 0 aliphatic carbocycles. The first-order valence-electron chi connectivity index (χ1n) is 5.84. The van der Waals surface area contributed by atoms with Gasteiger partial charge in [-0.3, -0.25) is 4.79 Å². The van der Waals surface area contributed by atoms with E-state index in [1.807, 2.05) is 6.07 Å². The maximum atomic E-state index is 12.5. The topological polar surface area (TPSA) is 59.3 Å². The standard InChI is InChI=1S/C13H11BrF3NO3/c1-2-20-11(19)5-9-3-8(7-18)4-10(6-14)12(9)21-13(15,16)17/h3-4H,2,5-6H2,1H3. The number of hydrogen-bond donors (Lipinski definition) is 0. The minimum absolute atomic E-state index is 0.0423. The molecule has 1 aromatic rings. The molecule has 8 heteroatoms. The Labute approximate surface area is 127 Å². The molecule has 0 aliphatic heterocycles. The van der Waals surface area contributed by atoms with Crippen LogP contribution in [0.5, 0.6) is 5.75 Å². The number of alkyl halides is 4. The van der Waals surface area contributed by atoms with Crippen molar-refractivity contribution in [1.29, 1.82) is 5.26 Å². The van der Waals surface area contributed by atoms with E-state index >= 15 is 0 Å². The zero-order valence-electron chi connectivity index (χ0n) is 11.0. The molecule has 0 aromatic heterocycles. The van der Waals surface area contributed by atoms with Crippen LogP contribution in [0.15, 0.2) is 12.1 Å². The molecule has 0 saturated heterocycles. The number of carbonyl (C=O) groups excluding carboxylic acids is 1. The smallest absolute Gasteiger partial charge is 0.466 e. The minimum atomic E-state index is -4.89. The quantitative estimate of drug-likeness (QED) is 0.592. The Morgan fingerprint density at radius 3 is 2.48 bits per heavy atom. The highest BCUT2D eigenvalue weighted by atomic mass is 79.9. The van der Waals surface area contributed by atoms with Crippen LogP contribution in [0.3, 0.4) is 0 Å². The van der Waals surface area contributed by atoms with Gasteiger partial charge in [0.15, 0.2) is 0 Å². The SMILES string of the molecule is CCOC(=O)Cc1cc(C#N)cc(CBr)c1OC(F)(F)F. The molecular weight excluding hydrogens is 355 g/mol. The van der Waals surface area contributed by atoms with E-state index in [1.165, 1.54) is 12.1 Å². The van der Waals surface area contributed by atoms with Gasteiger partial charge < -0.3 is 9.47 Å². The second-order valence-electron chi connectivity index (χ2n) is 3.90. The highest BCUT2D eigenvalue weighted by Gasteiger charge is 2.33. The summed E-state index contributed by atoms with van der Waals surface area (Å²) in [6.45, 7) is 1.69. The van der Waals surface area contributed by atoms with Crippen molar-refractivity contribution in [1.82, 2.24) is 0 Å². The van der Waals surface area contributed by atoms with Crippen LogP contribution in [0, 0.1) is 11.3 Å². The second kappa shape index (κ2) is 7.31. The number of nitriles is 1. The molecular formula is C13H11BrF3NO3. The fourth-order valence-electron chi connectivity index (χ4n) is 1.66. The predicted molar refractivity (Wildman–Crippen MR) is 70.8 cm³/mol. The molecule has 1 rings (SSSR count). The van der Waals surface area contributed by atoms with Crippen molar-refractivity contribution < 1.29 is 27.4 Å². The Hall–Kier alpha value is -1.75. The van der Waals surface area contributed by atoms with Crippen LogP contribution in [0.25, 0.3) is 0 Å². The second-order valence-corrected chi connectivity index (χ2v) is 4.46. The van der Waals surface area contributed by atoms with Gasteiger partial charge in [-0.2, -0.15) is 5.26 Å². The first kappa shape index (κ1) is 17.3. The van der Waals surface area contributed by atoms with Gasteiger partial charge in [-0.15, -0.1) is 13.2 Å². The van der Waals surface area contributed by atoms with E-state index in [1.54, 1.807) is 6.92 Å². The van der Waals surface area contributed by atoms with Gasteiger partial charge in [0.25, 0.3) is 0 Å². The van der Waals surface area contributed by atoms with Crippen molar-refractivity contribution in [2.45, 2.75) is 25.0 Å². The van der Waals surface area contributed by atoms with E-state index in [0.29, 0.717) is 0 Å². The maximum absolute atomic E-state index is 12.5. The Balaban J connectivity index is 3.28. The molecule has 0 aliphatic rings. The summed E-state index contributed by atoms with van der Waals surface area (Å²) >= 11 is 3.04. The number of benzene rings is 1. The van der Waals surface area contributed by atoms with E-state index in [0.717, 1.165) is 0 Å². The third kappa shape index (κ3) is 5.27. The van der Waals surface area contributed by atoms with Crippen molar-refractivity contribution >= 4 is 21.9 Å². The van der Waals surface area contributed by atoms with Gasteiger partial charge in [0.05, 0.1) is 24.7 Å². The number of esters is 1. The molecule has 0 spiro atoms. The maximum Gasteiger partial charge on any atom is 0.573 e. The minimum Gasteiger partial charge on any atom is -0.466 e. The largest absolute Gasteiger partial charge is 0.573 e. The molecule has 0 amide bonds. The van der Waals surface area contributed by atoms with Gasteiger partial charge in [0.2, 0.25) is 0 Å². The van der Waals surface area contributed by atoms with Crippen LogP contribution in [0.2, 0.25) is 0 Å². The predicted octanol–water partition coefficient (Wildman–Crippen LogP) is 3.46. The summed E-state index contributed by atoms with van der Waals surface area (Å²) in [4.78, 5) is 11.5. The summed E-state index contributed by atoms with van der Waals surface area (Å²) < 4.78 is 46.2. The number of rotatable bonds is 5. The van der Waals surface area contributed by atoms with Crippen LogP contribution in [0.1, 0.15) is 23.6 Å². The Kier molecular flexibility index (Phi) is 6.03. The highest BCUT2D eigenvalue weighted by Crippen LogP contribution is 2.33. The number of ether oxygens (including phenoxy) is 2. The molecule has 0 fully saturated rings. The van der Waals surface area contributed by atoms with Gasteiger partial charge >= 0.3 is 12.3 Å². The molecule has 21 heavy (non-hydrogen) atoms. The van der Waals surface area contributed by atoms with Gasteiger partial charge in [0, 0.05) is 16.5 Å². The molecule has 0 radical (unpaired) electrons. The van der Waals surface area contributed by atoms with E-state index < -0.39 is 24.5 Å². The summed E-state index contributed by atoms with van der Waals surface area (Å²) in [7, 11) is 0. The zero-order chi connectivity index (χ0) is 16.0. The Morgan fingerprint density at radius 1 is 1.38 bits per heavy atom. The van der Waals surface area contributed by atoms with Crippen molar-refractivity contribution in [3.63, 3.8) is 0 Å². The summed E-state index contributed by atoms with van der Waals surface area (Å²) in [5, 5.41) is 8.94. The van der Waals surface area contributed by atoms with Gasteiger partial charge in [-0.05, 0) is 19.1 Å². The normalized spacial score (nSPS) is 10.9. The lowest BCUT2D eigenvalue weighted by atomic mass is 10.0. The monoisotopic (exact) mass is 365 g/mol. The highest BCUT2D eigenvalue weighted by molar-refractivity contribution is 9.08. The molecule has 0 saturated carbocycles. The van der Waals surface area contributed by atoms with Crippen molar-refractivity contribution in [2.75, 3.05) is 6.61 Å². The average molecular weight is 366 g/mol. The lowest BCUT2D eigenvalue weighted by molar-refractivity contribution is -0.275. The van der Waals surface area contributed by atoms with Crippen LogP contribution in [-0.2, 0) is 21.3 Å². The number of hydrogen-bond acceptors (Lipinski definition) is 4.